The Bertz CT molecular complexity index is 701. The third-order valence-corrected chi connectivity index (χ3v) is 2.87. The molecular weight excluding hydrogens is 226 g/mol. The van der Waals surface area contributed by atoms with Crippen LogP contribution in [0.1, 0.15) is 11.4 Å². The summed E-state index contributed by atoms with van der Waals surface area (Å²) in [6, 6.07) is 5.89. The molecule has 3 aromatic heterocycles. The first-order chi connectivity index (χ1) is 8.79. The van der Waals surface area contributed by atoms with E-state index in [-0.39, 0.29) is 0 Å². The van der Waals surface area contributed by atoms with Gasteiger partial charge in [-0.3, -0.25) is 14.4 Å². The van der Waals surface area contributed by atoms with Gasteiger partial charge < -0.3 is 5.73 Å². The lowest BCUT2D eigenvalue weighted by molar-refractivity contribution is 0.939. The van der Waals surface area contributed by atoms with Gasteiger partial charge in [-0.05, 0) is 19.1 Å². The number of imidazole rings is 1. The van der Waals surface area contributed by atoms with Gasteiger partial charge in [-0.15, -0.1) is 0 Å². The van der Waals surface area contributed by atoms with Gasteiger partial charge in [0, 0.05) is 12.7 Å². The quantitative estimate of drug-likeness (QED) is 0.736. The number of aromatic nitrogens is 4. The third-order valence-electron chi connectivity index (χ3n) is 2.87. The van der Waals surface area contributed by atoms with E-state index in [2.05, 4.69) is 15.0 Å². The smallest absolute Gasteiger partial charge is 0.137 e. The van der Waals surface area contributed by atoms with Crippen LogP contribution in [-0.2, 0) is 6.54 Å². The zero-order valence-electron chi connectivity index (χ0n) is 10.0. The maximum Gasteiger partial charge on any atom is 0.137 e. The van der Waals surface area contributed by atoms with Gasteiger partial charge in [0.25, 0.3) is 0 Å². The lowest BCUT2D eigenvalue weighted by Gasteiger charge is -2.05. The number of rotatable bonds is 2. The van der Waals surface area contributed by atoms with E-state index >= 15 is 0 Å². The van der Waals surface area contributed by atoms with Crippen molar-refractivity contribution < 1.29 is 0 Å². The van der Waals surface area contributed by atoms with Gasteiger partial charge in [0.15, 0.2) is 0 Å². The van der Waals surface area contributed by atoms with Crippen molar-refractivity contribution in [2.45, 2.75) is 13.5 Å². The molecule has 18 heavy (non-hydrogen) atoms. The summed E-state index contributed by atoms with van der Waals surface area (Å²) in [6.45, 7) is 2.34. The lowest BCUT2D eigenvalue weighted by atomic mass is 10.2. The summed E-state index contributed by atoms with van der Waals surface area (Å²) in [5.74, 6) is 0. The van der Waals surface area contributed by atoms with Crippen LogP contribution in [0.5, 0.6) is 0 Å². The maximum atomic E-state index is 5.56. The van der Waals surface area contributed by atoms with Gasteiger partial charge in [0.2, 0.25) is 0 Å². The highest BCUT2D eigenvalue weighted by atomic mass is 15.0. The minimum atomic E-state index is 0.404. The van der Waals surface area contributed by atoms with E-state index in [9.17, 15) is 0 Å². The fourth-order valence-electron chi connectivity index (χ4n) is 1.99. The first-order valence-electron chi connectivity index (χ1n) is 5.74. The second kappa shape index (κ2) is 4.19. The van der Waals surface area contributed by atoms with Crippen molar-refractivity contribution in [3.8, 4) is 11.4 Å². The molecule has 0 fully saturated rings. The lowest BCUT2D eigenvalue weighted by Crippen LogP contribution is -2.04. The normalized spacial score (nSPS) is 11.0. The van der Waals surface area contributed by atoms with E-state index in [0.717, 1.165) is 28.4 Å². The van der Waals surface area contributed by atoms with E-state index in [1.807, 2.05) is 41.9 Å². The average Bonchev–Trinajstić information content (AvgIpc) is 2.82. The van der Waals surface area contributed by atoms with Crippen molar-refractivity contribution in [2.24, 2.45) is 5.73 Å². The molecule has 90 valence electrons. The van der Waals surface area contributed by atoms with Crippen molar-refractivity contribution in [3.63, 3.8) is 0 Å². The van der Waals surface area contributed by atoms with Crippen LogP contribution in [0.4, 0.5) is 0 Å². The van der Waals surface area contributed by atoms with E-state index in [4.69, 9.17) is 5.73 Å². The molecule has 3 rings (SSSR count). The second-order valence-electron chi connectivity index (χ2n) is 4.07. The zero-order chi connectivity index (χ0) is 12.5. The van der Waals surface area contributed by atoms with Crippen LogP contribution in [0, 0.1) is 6.92 Å². The van der Waals surface area contributed by atoms with Crippen molar-refractivity contribution in [1.29, 1.82) is 0 Å². The summed E-state index contributed by atoms with van der Waals surface area (Å²) in [4.78, 5) is 13.2. The second-order valence-corrected chi connectivity index (χ2v) is 4.07. The monoisotopic (exact) mass is 239 g/mol. The largest absolute Gasteiger partial charge is 0.325 e. The molecule has 0 aliphatic heterocycles. The fraction of sp³-hybridized carbons (Fsp3) is 0.154. The summed E-state index contributed by atoms with van der Waals surface area (Å²) < 4.78 is 2.00. The molecule has 0 bridgehead atoms. The van der Waals surface area contributed by atoms with Crippen LogP contribution in [0.2, 0.25) is 0 Å². The number of pyridine rings is 1. The van der Waals surface area contributed by atoms with Gasteiger partial charge in [0.05, 0.1) is 29.5 Å². The Labute approximate surface area is 104 Å². The number of hydrogen-bond donors (Lipinski definition) is 1. The minimum Gasteiger partial charge on any atom is -0.325 e. The van der Waals surface area contributed by atoms with Crippen molar-refractivity contribution in [2.75, 3.05) is 0 Å². The van der Waals surface area contributed by atoms with E-state index in [0.29, 0.717) is 6.54 Å². The Hall–Kier alpha value is -2.27. The van der Waals surface area contributed by atoms with E-state index in [1.54, 1.807) is 6.20 Å². The molecule has 0 radical (unpaired) electrons. The van der Waals surface area contributed by atoms with Crippen molar-refractivity contribution in [1.82, 2.24) is 19.4 Å². The SMILES string of the molecule is Cc1nc(CN)cnc1-c1cnc2ccccn12. The van der Waals surface area contributed by atoms with Gasteiger partial charge >= 0.3 is 0 Å². The predicted molar refractivity (Wildman–Crippen MR) is 68.8 cm³/mol. The molecule has 0 aliphatic rings. The van der Waals surface area contributed by atoms with Gasteiger partial charge in [0.1, 0.15) is 11.3 Å². The molecule has 5 nitrogen and oxygen atoms in total. The van der Waals surface area contributed by atoms with Gasteiger partial charge in [-0.25, -0.2) is 4.98 Å². The summed E-state index contributed by atoms with van der Waals surface area (Å²) >= 11 is 0. The minimum absolute atomic E-state index is 0.404. The number of nitrogens with two attached hydrogens (primary N) is 1. The van der Waals surface area contributed by atoms with E-state index in [1.165, 1.54) is 0 Å². The first-order valence-corrected chi connectivity index (χ1v) is 5.74. The van der Waals surface area contributed by atoms with Crippen molar-refractivity contribution >= 4 is 5.65 Å². The topological polar surface area (TPSA) is 69.1 Å². The standard InChI is InChI=1S/C13H13N5/c1-9-13(16-7-10(6-14)17-9)11-8-15-12-4-2-3-5-18(11)12/h2-5,7-8H,6,14H2,1H3. The van der Waals surface area contributed by atoms with Gasteiger partial charge in [-0.2, -0.15) is 0 Å². The molecule has 0 saturated heterocycles. The zero-order valence-corrected chi connectivity index (χ0v) is 10.0. The number of nitrogens with zero attached hydrogens (tertiary/aromatic N) is 4. The molecule has 0 aromatic carbocycles. The molecule has 3 aromatic rings. The number of aryl methyl sites for hydroxylation is 1. The van der Waals surface area contributed by atoms with Crippen LogP contribution in [0.3, 0.4) is 0 Å². The highest BCUT2D eigenvalue weighted by Crippen LogP contribution is 2.20. The summed E-state index contributed by atoms with van der Waals surface area (Å²) in [6.07, 6.45) is 5.49. The molecular formula is C13H13N5. The molecule has 0 saturated carbocycles. The third kappa shape index (κ3) is 1.65. The molecule has 3 heterocycles. The van der Waals surface area contributed by atoms with Gasteiger partial charge in [-0.1, -0.05) is 6.07 Å². The maximum absolute atomic E-state index is 5.56. The van der Waals surface area contributed by atoms with Crippen LogP contribution in [0.25, 0.3) is 17.0 Å². The molecule has 2 N–H and O–H groups in total. The van der Waals surface area contributed by atoms with E-state index < -0.39 is 0 Å². The van der Waals surface area contributed by atoms with Crippen LogP contribution in [0.15, 0.2) is 36.8 Å². The fourth-order valence-corrected chi connectivity index (χ4v) is 1.99. The Kier molecular flexibility index (Phi) is 2.53. The Morgan fingerprint density at radius 1 is 1.22 bits per heavy atom. The molecule has 0 amide bonds. The number of hydrogen-bond acceptors (Lipinski definition) is 4. The molecule has 0 atom stereocenters. The first kappa shape index (κ1) is 10.9. The molecule has 0 spiro atoms. The Morgan fingerprint density at radius 3 is 2.89 bits per heavy atom. The number of fused-ring (bicyclic) bond motifs is 1. The molecule has 0 aliphatic carbocycles. The predicted octanol–water partition coefficient (Wildman–Crippen LogP) is 1.56. The summed E-state index contributed by atoms with van der Waals surface area (Å²) in [5, 5.41) is 0. The summed E-state index contributed by atoms with van der Waals surface area (Å²) in [7, 11) is 0. The van der Waals surface area contributed by atoms with Crippen LogP contribution >= 0.6 is 0 Å². The molecule has 0 unspecified atom stereocenters. The highest BCUT2D eigenvalue weighted by molar-refractivity contribution is 5.61. The Morgan fingerprint density at radius 2 is 2.11 bits per heavy atom. The van der Waals surface area contributed by atoms with Crippen LogP contribution < -0.4 is 5.73 Å². The van der Waals surface area contributed by atoms with Crippen molar-refractivity contribution in [3.05, 3.63) is 48.2 Å². The van der Waals surface area contributed by atoms with Crippen LogP contribution in [-0.4, -0.2) is 19.4 Å². The highest BCUT2D eigenvalue weighted by Gasteiger charge is 2.10. The molecule has 5 heteroatoms. The summed E-state index contributed by atoms with van der Waals surface area (Å²) in [5.41, 5.74) is 9.90. The average molecular weight is 239 g/mol. The Balaban J connectivity index is 2.20.